The first-order valence-electron chi connectivity index (χ1n) is 8.22. The molecule has 2 N–H and O–H groups in total. The summed E-state index contributed by atoms with van der Waals surface area (Å²) in [6, 6.07) is 6.53. The number of hydrogen-bond donors (Lipinski definition) is 1. The van der Waals surface area contributed by atoms with E-state index in [-0.39, 0.29) is 11.6 Å². The highest BCUT2D eigenvalue weighted by Crippen LogP contribution is 2.36. The first-order chi connectivity index (χ1) is 10.0. The molecule has 0 bridgehead atoms. The van der Waals surface area contributed by atoms with Crippen molar-refractivity contribution in [2.75, 3.05) is 6.61 Å². The van der Waals surface area contributed by atoms with Crippen LogP contribution in [0.4, 0.5) is 0 Å². The van der Waals surface area contributed by atoms with Crippen LogP contribution in [0.15, 0.2) is 18.2 Å². The van der Waals surface area contributed by atoms with Crippen LogP contribution in [0.3, 0.4) is 0 Å². The van der Waals surface area contributed by atoms with Gasteiger partial charge < -0.3 is 15.2 Å². The number of rotatable bonds is 4. The summed E-state index contributed by atoms with van der Waals surface area (Å²) >= 11 is 0. The first kappa shape index (κ1) is 14.9. The molecule has 2 aliphatic heterocycles. The van der Waals surface area contributed by atoms with Gasteiger partial charge in [-0.2, -0.15) is 0 Å². The minimum Gasteiger partial charge on any atom is -0.487 e. The fourth-order valence-corrected chi connectivity index (χ4v) is 3.43. The minimum absolute atomic E-state index is 0.0824. The van der Waals surface area contributed by atoms with Crippen LogP contribution in [-0.2, 0) is 11.2 Å². The molecule has 0 saturated carbocycles. The van der Waals surface area contributed by atoms with Crippen LogP contribution in [0.5, 0.6) is 5.75 Å². The van der Waals surface area contributed by atoms with Crippen LogP contribution in [0.1, 0.15) is 63.1 Å². The summed E-state index contributed by atoms with van der Waals surface area (Å²) in [5.41, 5.74) is 8.82. The van der Waals surface area contributed by atoms with Gasteiger partial charge in [-0.1, -0.05) is 12.1 Å². The maximum Gasteiger partial charge on any atom is 0.123 e. The molecule has 21 heavy (non-hydrogen) atoms. The molecule has 1 aromatic rings. The van der Waals surface area contributed by atoms with Crippen molar-refractivity contribution in [2.24, 2.45) is 5.73 Å². The summed E-state index contributed by atoms with van der Waals surface area (Å²) < 4.78 is 11.7. The Morgan fingerprint density at radius 1 is 1.33 bits per heavy atom. The normalized spacial score (nSPS) is 25.2. The maximum absolute atomic E-state index is 6.38. The van der Waals surface area contributed by atoms with Crippen molar-refractivity contribution < 1.29 is 9.47 Å². The Kier molecular flexibility index (Phi) is 4.23. The van der Waals surface area contributed by atoms with E-state index in [1.807, 2.05) is 0 Å². The molecule has 0 amide bonds. The SMILES string of the molecule is CC1(C)Cc2cc(C(N)CCC3CCCCO3)ccc2O1. The topological polar surface area (TPSA) is 44.5 Å². The number of benzene rings is 1. The van der Waals surface area contributed by atoms with Crippen molar-refractivity contribution in [2.45, 2.75) is 70.1 Å². The number of fused-ring (bicyclic) bond motifs is 1. The zero-order valence-electron chi connectivity index (χ0n) is 13.2. The van der Waals surface area contributed by atoms with Gasteiger partial charge in [-0.3, -0.25) is 0 Å². The molecule has 0 aliphatic carbocycles. The van der Waals surface area contributed by atoms with Gasteiger partial charge in [0.15, 0.2) is 0 Å². The molecule has 3 rings (SSSR count). The van der Waals surface area contributed by atoms with Crippen molar-refractivity contribution in [1.29, 1.82) is 0 Å². The third-order valence-corrected chi connectivity index (χ3v) is 4.59. The standard InChI is InChI=1S/C18H27NO2/c1-18(2)12-14-11-13(6-9-17(14)21-18)16(19)8-7-15-5-3-4-10-20-15/h6,9,11,15-16H,3-5,7-8,10,12,19H2,1-2H3. The van der Waals surface area contributed by atoms with Gasteiger partial charge in [0.05, 0.1) is 6.10 Å². The predicted octanol–water partition coefficient (Wildman–Crippen LogP) is 3.75. The fraction of sp³-hybridized carbons (Fsp3) is 0.667. The van der Waals surface area contributed by atoms with E-state index >= 15 is 0 Å². The zero-order valence-corrected chi connectivity index (χ0v) is 13.2. The van der Waals surface area contributed by atoms with E-state index in [1.165, 1.54) is 30.4 Å². The quantitative estimate of drug-likeness (QED) is 0.918. The van der Waals surface area contributed by atoms with Gasteiger partial charge in [0.25, 0.3) is 0 Å². The van der Waals surface area contributed by atoms with Gasteiger partial charge in [0.1, 0.15) is 11.4 Å². The van der Waals surface area contributed by atoms with Crippen LogP contribution in [0, 0.1) is 0 Å². The lowest BCUT2D eigenvalue weighted by atomic mass is 9.95. The third-order valence-electron chi connectivity index (χ3n) is 4.59. The molecular weight excluding hydrogens is 262 g/mol. The number of ether oxygens (including phenoxy) is 2. The largest absolute Gasteiger partial charge is 0.487 e. The summed E-state index contributed by atoms with van der Waals surface area (Å²) in [5, 5.41) is 0. The van der Waals surface area contributed by atoms with E-state index in [2.05, 4.69) is 32.0 Å². The van der Waals surface area contributed by atoms with E-state index < -0.39 is 0 Å². The number of nitrogens with two attached hydrogens (primary N) is 1. The number of hydrogen-bond acceptors (Lipinski definition) is 3. The second kappa shape index (κ2) is 5.98. The molecule has 3 nitrogen and oxygen atoms in total. The smallest absolute Gasteiger partial charge is 0.123 e. The zero-order chi connectivity index (χ0) is 14.9. The average Bonchev–Trinajstić information content (AvgIpc) is 2.78. The van der Waals surface area contributed by atoms with Gasteiger partial charge in [0, 0.05) is 19.1 Å². The van der Waals surface area contributed by atoms with Crippen molar-refractivity contribution in [1.82, 2.24) is 0 Å². The lowest BCUT2D eigenvalue weighted by Gasteiger charge is -2.24. The van der Waals surface area contributed by atoms with E-state index in [0.29, 0.717) is 6.10 Å². The maximum atomic E-state index is 6.38. The van der Waals surface area contributed by atoms with Gasteiger partial charge in [-0.15, -0.1) is 0 Å². The van der Waals surface area contributed by atoms with E-state index in [0.717, 1.165) is 31.6 Å². The van der Waals surface area contributed by atoms with E-state index in [4.69, 9.17) is 15.2 Å². The highest BCUT2D eigenvalue weighted by atomic mass is 16.5. The molecule has 2 atom stereocenters. The molecule has 1 fully saturated rings. The molecule has 2 aliphatic rings. The van der Waals surface area contributed by atoms with Crippen LogP contribution >= 0.6 is 0 Å². The molecule has 0 radical (unpaired) electrons. The van der Waals surface area contributed by atoms with Crippen LogP contribution < -0.4 is 10.5 Å². The first-order valence-corrected chi connectivity index (χ1v) is 8.22. The molecule has 2 unspecified atom stereocenters. The van der Waals surface area contributed by atoms with Gasteiger partial charge in [-0.05, 0) is 63.1 Å². The average molecular weight is 289 g/mol. The van der Waals surface area contributed by atoms with E-state index in [9.17, 15) is 0 Å². The summed E-state index contributed by atoms with van der Waals surface area (Å²) in [7, 11) is 0. The van der Waals surface area contributed by atoms with E-state index in [1.54, 1.807) is 0 Å². The minimum atomic E-state index is -0.0824. The Bertz CT molecular complexity index is 492. The lowest BCUT2D eigenvalue weighted by molar-refractivity contribution is 0.00912. The van der Waals surface area contributed by atoms with Gasteiger partial charge in [0.2, 0.25) is 0 Å². The molecule has 1 saturated heterocycles. The van der Waals surface area contributed by atoms with Crippen LogP contribution in [0.2, 0.25) is 0 Å². The van der Waals surface area contributed by atoms with Crippen LogP contribution in [0.25, 0.3) is 0 Å². The van der Waals surface area contributed by atoms with Gasteiger partial charge in [-0.25, -0.2) is 0 Å². The summed E-state index contributed by atoms with van der Waals surface area (Å²) in [5.74, 6) is 1.02. The highest BCUT2D eigenvalue weighted by Gasteiger charge is 2.30. The molecule has 0 aromatic heterocycles. The summed E-state index contributed by atoms with van der Waals surface area (Å²) in [6.07, 6.45) is 7.15. The fourth-order valence-electron chi connectivity index (χ4n) is 3.43. The molecule has 116 valence electrons. The molecule has 1 aromatic carbocycles. The molecular formula is C18H27NO2. The second-order valence-corrected chi connectivity index (χ2v) is 7.08. The monoisotopic (exact) mass is 289 g/mol. The lowest BCUT2D eigenvalue weighted by Crippen LogP contribution is -2.24. The predicted molar refractivity (Wildman–Crippen MR) is 84.6 cm³/mol. The third kappa shape index (κ3) is 3.58. The van der Waals surface area contributed by atoms with Gasteiger partial charge >= 0.3 is 0 Å². The second-order valence-electron chi connectivity index (χ2n) is 7.08. The summed E-state index contributed by atoms with van der Waals surface area (Å²) in [6.45, 7) is 5.19. The molecule has 0 spiro atoms. The Labute approximate surface area is 127 Å². The highest BCUT2D eigenvalue weighted by molar-refractivity contribution is 5.42. The van der Waals surface area contributed by atoms with Crippen molar-refractivity contribution in [3.8, 4) is 5.75 Å². The Hall–Kier alpha value is -1.06. The Balaban J connectivity index is 1.59. The molecule has 2 heterocycles. The Morgan fingerprint density at radius 2 is 2.19 bits per heavy atom. The summed E-state index contributed by atoms with van der Waals surface area (Å²) in [4.78, 5) is 0. The van der Waals surface area contributed by atoms with Crippen molar-refractivity contribution in [3.05, 3.63) is 29.3 Å². The Morgan fingerprint density at radius 3 is 2.95 bits per heavy atom. The van der Waals surface area contributed by atoms with Crippen molar-refractivity contribution >= 4 is 0 Å². The van der Waals surface area contributed by atoms with Crippen LogP contribution in [-0.4, -0.2) is 18.3 Å². The molecule has 3 heteroatoms. The van der Waals surface area contributed by atoms with Crippen molar-refractivity contribution in [3.63, 3.8) is 0 Å².